The highest BCUT2D eigenvalue weighted by Crippen LogP contribution is 2.27. The average Bonchev–Trinajstić information content (AvgIpc) is 3.32. The zero-order valence-corrected chi connectivity index (χ0v) is 17.9. The van der Waals surface area contributed by atoms with Gasteiger partial charge in [0.05, 0.1) is 5.69 Å². The van der Waals surface area contributed by atoms with E-state index in [9.17, 15) is 9.59 Å². The van der Waals surface area contributed by atoms with Crippen molar-refractivity contribution in [2.75, 3.05) is 0 Å². The number of aromatic nitrogens is 3. The van der Waals surface area contributed by atoms with E-state index in [-0.39, 0.29) is 12.5 Å². The second-order valence-corrected chi connectivity index (χ2v) is 7.91. The molecule has 2 amide bonds. The van der Waals surface area contributed by atoms with Crippen molar-refractivity contribution in [2.45, 2.75) is 31.4 Å². The number of carbonyl (C=O) groups excluding carboxylic acids is 2. The van der Waals surface area contributed by atoms with Gasteiger partial charge in [0.2, 0.25) is 0 Å². The van der Waals surface area contributed by atoms with Crippen LogP contribution in [0, 0.1) is 13.8 Å². The number of aryl methyl sites for hydroxylation is 2. The summed E-state index contributed by atoms with van der Waals surface area (Å²) in [5.41, 5.74) is 9.43. The number of nitrogens with zero attached hydrogens (tertiary/aromatic N) is 3. The summed E-state index contributed by atoms with van der Waals surface area (Å²) in [4.78, 5) is 29.3. The molecule has 2 aromatic heterocycles. The van der Waals surface area contributed by atoms with Crippen LogP contribution in [0.25, 0.3) is 11.1 Å². The molecule has 2 N–H and O–H groups in total. The fourth-order valence-electron chi connectivity index (χ4n) is 3.12. The lowest BCUT2D eigenvalue weighted by atomic mass is 10.1. The number of benzene rings is 2. The highest BCUT2D eigenvalue weighted by molar-refractivity contribution is 7.98. The minimum Gasteiger partial charge on any atom is -0.431 e. The van der Waals surface area contributed by atoms with E-state index in [0.29, 0.717) is 16.5 Å². The fourth-order valence-corrected chi connectivity index (χ4v) is 3.97. The number of thioether (sulfide) groups is 1. The van der Waals surface area contributed by atoms with Crippen molar-refractivity contribution in [1.82, 2.24) is 25.6 Å². The number of fused-ring (bicyclic) bond motifs is 1. The lowest BCUT2D eigenvalue weighted by Crippen LogP contribution is -2.43. The van der Waals surface area contributed by atoms with Crippen LogP contribution in [-0.2, 0) is 17.1 Å². The Morgan fingerprint density at radius 3 is 2.61 bits per heavy atom. The number of para-hydroxylation sites is 2. The Bertz CT molecular complexity index is 1210. The maximum atomic E-state index is 12.6. The first-order chi connectivity index (χ1) is 15.0. The smallest absolute Gasteiger partial charge is 0.269 e. The number of carbonyl (C=O) groups is 2. The van der Waals surface area contributed by atoms with E-state index >= 15 is 0 Å². The molecule has 0 aliphatic carbocycles. The molecule has 0 saturated carbocycles. The first kappa shape index (κ1) is 20.7. The van der Waals surface area contributed by atoms with E-state index in [2.05, 4.69) is 20.9 Å². The molecule has 0 unspecified atom stereocenters. The molecule has 4 rings (SSSR count). The van der Waals surface area contributed by atoms with Gasteiger partial charge in [0, 0.05) is 17.0 Å². The van der Waals surface area contributed by atoms with Gasteiger partial charge in [0.1, 0.15) is 12.1 Å². The maximum Gasteiger partial charge on any atom is 0.269 e. The number of oxazole rings is 1. The van der Waals surface area contributed by atoms with E-state index < -0.39 is 5.91 Å². The van der Waals surface area contributed by atoms with Gasteiger partial charge in [-0.05, 0) is 43.7 Å². The third kappa shape index (κ3) is 4.95. The van der Waals surface area contributed by atoms with Gasteiger partial charge in [-0.25, -0.2) is 4.98 Å². The quantitative estimate of drug-likeness (QED) is 0.356. The van der Waals surface area contributed by atoms with Gasteiger partial charge in [-0.3, -0.25) is 25.1 Å². The monoisotopic (exact) mass is 435 g/mol. The predicted molar refractivity (Wildman–Crippen MR) is 117 cm³/mol. The number of hydrogen-bond donors (Lipinski definition) is 2. The summed E-state index contributed by atoms with van der Waals surface area (Å²) in [6.45, 7) is 3.75. The van der Waals surface area contributed by atoms with E-state index in [4.69, 9.17) is 4.42 Å². The van der Waals surface area contributed by atoms with Crippen LogP contribution in [0.15, 0.2) is 64.2 Å². The topological polar surface area (TPSA) is 102 Å². The highest BCUT2D eigenvalue weighted by atomic mass is 32.2. The van der Waals surface area contributed by atoms with Crippen molar-refractivity contribution in [3.05, 3.63) is 77.1 Å². The van der Waals surface area contributed by atoms with Crippen LogP contribution in [0.5, 0.6) is 0 Å². The van der Waals surface area contributed by atoms with Gasteiger partial charge in [0.15, 0.2) is 5.58 Å². The van der Waals surface area contributed by atoms with E-state index in [1.54, 1.807) is 16.8 Å². The predicted octanol–water partition coefficient (Wildman–Crippen LogP) is 3.39. The Morgan fingerprint density at radius 1 is 1.06 bits per heavy atom. The third-order valence-electron chi connectivity index (χ3n) is 4.60. The molecule has 2 heterocycles. The molecule has 0 saturated heterocycles. The third-order valence-corrected chi connectivity index (χ3v) is 5.48. The molecule has 0 bridgehead atoms. The molecule has 0 aliphatic heterocycles. The Kier molecular flexibility index (Phi) is 6.03. The van der Waals surface area contributed by atoms with Gasteiger partial charge >= 0.3 is 0 Å². The van der Waals surface area contributed by atoms with Crippen LogP contribution >= 0.6 is 11.8 Å². The Morgan fingerprint density at radius 2 is 1.84 bits per heavy atom. The van der Waals surface area contributed by atoms with Gasteiger partial charge < -0.3 is 4.42 Å². The van der Waals surface area contributed by atoms with Crippen LogP contribution in [0.3, 0.4) is 0 Å². The van der Waals surface area contributed by atoms with Gasteiger partial charge in [0.25, 0.3) is 17.0 Å². The largest absolute Gasteiger partial charge is 0.431 e. The second-order valence-electron chi connectivity index (χ2n) is 6.98. The van der Waals surface area contributed by atoms with Crippen LogP contribution in [0.4, 0.5) is 0 Å². The maximum absolute atomic E-state index is 12.6. The Hall–Kier alpha value is -3.59. The zero-order valence-electron chi connectivity index (χ0n) is 17.1. The summed E-state index contributed by atoms with van der Waals surface area (Å²) in [7, 11) is 0. The SMILES string of the molecule is Cc1cc(C)n(CC(=O)NNC(=O)c2ccccc2CSc2nc3ccccc3o2)n1. The molecule has 0 spiro atoms. The molecule has 8 nitrogen and oxygen atoms in total. The average molecular weight is 436 g/mol. The summed E-state index contributed by atoms with van der Waals surface area (Å²) in [6, 6.07) is 16.7. The standard InChI is InChI=1S/C22H21N5O3S/c1-14-11-15(2)27(26-14)12-20(28)24-25-21(29)17-8-4-3-7-16(17)13-31-22-23-18-9-5-6-10-19(18)30-22/h3-11H,12-13H2,1-2H3,(H,24,28)(H,25,29). The summed E-state index contributed by atoms with van der Waals surface area (Å²) >= 11 is 1.40. The number of rotatable bonds is 6. The molecule has 4 aromatic rings. The molecule has 9 heteroatoms. The molecular formula is C22H21N5O3S. The highest BCUT2D eigenvalue weighted by Gasteiger charge is 2.14. The fraction of sp³-hybridized carbons (Fsp3) is 0.182. The van der Waals surface area contributed by atoms with Gasteiger partial charge in [-0.2, -0.15) is 5.10 Å². The molecule has 0 fully saturated rings. The number of nitrogens with one attached hydrogen (secondary N) is 2. The zero-order chi connectivity index (χ0) is 21.8. The summed E-state index contributed by atoms with van der Waals surface area (Å²) in [5.74, 6) is -0.260. The normalized spacial score (nSPS) is 10.9. The van der Waals surface area contributed by atoms with E-state index in [0.717, 1.165) is 28.1 Å². The van der Waals surface area contributed by atoms with Crippen LogP contribution in [-0.4, -0.2) is 26.6 Å². The van der Waals surface area contributed by atoms with Crippen molar-refractivity contribution >= 4 is 34.7 Å². The molecule has 158 valence electrons. The second kappa shape index (κ2) is 9.05. The number of amides is 2. The van der Waals surface area contributed by atoms with E-state index in [1.807, 2.05) is 56.3 Å². The van der Waals surface area contributed by atoms with Crippen LogP contribution in [0.1, 0.15) is 27.3 Å². The van der Waals surface area contributed by atoms with Gasteiger partial charge in [-0.15, -0.1) is 0 Å². The molecule has 2 aromatic carbocycles. The van der Waals surface area contributed by atoms with Crippen molar-refractivity contribution in [3.63, 3.8) is 0 Å². The lowest BCUT2D eigenvalue weighted by Gasteiger charge is -2.11. The molecule has 0 radical (unpaired) electrons. The van der Waals surface area contributed by atoms with E-state index in [1.165, 1.54) is 11.8 Å². The number of hydrazine groups is 1. The molecule has 0 atom stereocenters. The Labute approximate surface area is 183 Å². The first-order valence-electron chi connectivity index (χ1n) is 9.66. The van der Waals surface area contributed by atoms with Crippen LogP contribution < -0.4 is 10.9 Å². The van der Waals surface area contributed by atoms with Crippen LogP contribution in [0.2, 0.25) is 0 Å². The Balaban J connectivity index is 1.37. The lowest BCUT2D eigenvalue weighted by molar-refractivity contribution is -0.122. The van der Waals surface area contributed by atoms with Crippen molar-refractivity contribution < 1.29 is 14.0 Å². The summed E-state index contributed by atoms with van der Waals surface area (Å²) in [5, 5.41) is 4.78. The van der Waals surface area contributed by atoms with Gasteiger partial charge in [-0.1, -0.05) is 42.1 Å². The summed E-state index contributed by atoms with van der Waals surface area (Å²) in [6.07, 6.45) is 0. The molecule has 0 aliphatic rings. The van der Waals surface area contributed by atoms with Crippen molar-refractivity contribution in [2.24, 2.45) is 0 Å². The minimum atomic E-state index is -0.393. The first-order valence-corrected chi connectivity index (χ1v) is 10.6. The minimum absolute atomic E-state index is 0.0230. The summed E-state index contributed by atoms with van der Waals surface area (Å²) < 4.78 is 7.31. The molecule has 31 heavy (non-hydrogen) atoms. The number of hydrogen-bond acceptors (Lipinski definition) is 6. The van der Waals surface area contributed by atoms with Crippen molar-refractivity contribution in [1.29, 1.82) is 0 Å². The molecular weight excluding hydrogens is 414 g/mol. The van der Waals surface area contributed by atoms with Crippen molar-refractivity contribution in [3.8, 4) is 0 Å².